The lowest BCUT2D eigenvalue weighted by atomic mass is 10.3. The van der Waals surface area contributed by atoms with E-state index in [9.17, 15) is 18.4 Å². The van der Waals surface area contributed by atoms with E-state index in [0.29, 0.717) is 0 Å². The number of anilines is 1. The van der Waals surface area contributed by atoms with Gasteiger partial charge in [0.05, 0.1) is 5.69 Å². The average Bonchev–Trinajstić information content (AvgIpc) is 2.83. The number of carbonyl (C=O) groups excluding carboxylic acids is 1. The van der Waals surface area contributed by atoms with E-state index in [4.69, 9.17) is 9.52 Å². The van der Waals surface area contributed by atoms with Crippen molar-refractivity contribution in [1.29, 1.82) is 0 Å². The number of rotatable bonds is 3. The van der Waals surface area contributed by atoms with Crippen molar-refractivity contribution in [2.24, 2.45) is 0 Å². The number of furan rings is 1. The van der Waals surface area contributed by atoms with Crippen LogP contribution in [0.3, 0.4) is 0 Å². The summed E-state index contributed by atoms with van der Waals surface area (Å²) in [5.74, 6) is -4.50. The number of hydrogen-bond donors (Lipinski definition) is 2. The SMILES string of the molecule is O=C(O)c1ccc(C(=O)Nc2cc(F)ccc2F)o1. The van der Waals surface area contributed by atoms with Crippen molar-refractivity contribution in [1.82, 2.24) is 0 Å². The summed E-state index contributed by atoms with van der Waals surface area (Å²) in [5.41, 5.74) is -0.363. The summed E-state index contributed by atoms with van der Waals surface area (Å²) in [6.45, 7) is 0. The van der Waals surface area contributed by atoms with E-state index in [1.54, 1.807) is 0 Å². The molecule has 98 valence electrons. The molecule has 0 fully saturated rings. The lowest BCUT2D eigenvalue weighted by Gasteiger charge is -2.04. The summed E-state index contributed by atoms with van der Waals surface area (Å²) in [6.07, 6.45) is 0. The van der Waals surface area contributed by atoms with Crippen molar-refractivity contribution in [3.05, 3.63) is 53.5 Å². The summed E-state index contributed by atoms with van der Waals surface area (Å²) in [6, 6.07) is 4.76. The highest BCUT2D eigenvalue weighted by molar-refractivity contribution is 6.03. The van der Waals surface area contributed by atoms with Crippen LogP contribution in [0.4, 0.5) is 14.5 Å². The zero-order valence-corrected chi connectivity index (χ0v) is 9.31. The van der Waals surface area contributed by atoms with Gasteiger partial charge in [-0.05, 0) is 24.3 Å². The molecule has 1 aromatic heterocycles. The van der Waals surface area contributed by atoms with Gasteiger partial charge in [-0.15, -0.1) is 0 Å². The number of carboxylic acids is 1. The largest absolute Gasteiger partial charge is 0.475 e. The number of carbonyl (C=O) groups is 2. The first-order chi connectivity index (χ1) is 8.97. The van der Waals surface area contributed by atoms with Crippen LogP contribution in [0.15, 0.2) is 34.7 Å². The number of halogens is 2. The van der Waals surface area contributed by atoms with Gasteiger partial charge < -0.3 is 14.8 Å². The fourth-order valence-electron chi connectivity index (χ4n) is 1.35. The molecule has 2 rings (SSSR count). The van der Waals surface area contributed by atoms with Crippen LogP contribution >= 0.6 is 0 Å². The Bertz CT molecular complexity index is 651. The Hall–Kier alpha value is -2.70. The van der Waals surface area contributed by atoms with Crippen molar-refractivity contribution < 1.29 is 27.9 Å². The van der Waals surface area contributed by atoms with Crippen LogP contribution < -0.4 is 5.32 Å². The minimum absolute atomic E-state index is 0.318. The number of benzene rings is 1. The van der Waals surface area contributed by atoms with Crippen LogP contribution in [-0.2, 0) is 0 Å². The second-order valence-electron chi connectivity index (χ2n) is 3.55. The fourth-order valence-corrected chi connectivity index (χ4v) is 1.35. The van der Waals surface area contributed by atoms with Crippen molar-refractivity contribution in [3.63, 3.8) is 0 Å². The van der Waals surface area contributed by atoms with E-state index in [2.05, 4.69) is 5.32 Å². The lowest BCUT2D eigenvalue weighted by Crippen LogP contribution is -2.12. The molecule has 0 saturated carbocycles. The molecule has 0 spiro atoms. The molecule has 0 aliphatic carbocycles. The van der Waals surface area contributed by atoms with Gasteiger partial charge in [0, 0.05) is 6.07 Å². The van der Waals surface area contributed by atoms with Gasteiger partial charge in [0.25, 0.3) is 5.91 Å². The van der Waals surface area contributed by atoms with E-state index in [-0.39, 0.29) is 11.4 Å². The Labute approximate surface area is 105 Å². The Morgan fingerprint density at radius 3 is 2.42 bits per heavy atom. The maximum absolute atomic E-state index is 13.3. The van der Waals surface area contributed by atoms with Crippen molar-refractivity contribution >= 4 is 17.6 Å². The minimum atomic E-state index is -1.34. The molecule has 2 aromatic rings. The monoisotopic (exact) mass is 267 g/mol. The van der Waals surface area contributed by atoms with E-state index in [0.717, 1.165) is 30.3 Å². The minimum Gasteiger partial charge on any atom is -0.475 e. The normalized spacial score (nSPS) is 10.2. The molecule has 19 heavy (non-hydrogen) atoms. The summed E-state index contributed by atoms with van der Waals surface area (Å²) in [7, 11) is 0. The highest BCUT2D eigenvalue weighted by Gasteiger charge is 2.16. The second-order valence-corrected chi connectivity index (χ2v) is 3.55. The molecule has 0 atom stereocenters. The molecule has 1 heterocycles. The van der Waals surface area contributed by atoms with Crippen LogP contribution in [-0.4, -0.2) is 17.0 Å². The van der Waals surface area contributed by atoms with E-state index in [1.165, 1.54) is 0 Å². The zero-order valence-electron chi connectivity index (χ0n) is 9.31. The first-order valence-corrected chi connectivity index (χ1v) is 5.07. The standard InChI is InChI=1S/C12H7F2NO4/c13-6-1-2-7(14)8(5-6)15-11(16)9-3-4-10(19-9)12(17)18/h1-5H,(H,15,16)(H,17,18). The number of carboxylic acid groups (broad SMARTS) is 1. The number of hydrogen-bond acceptors (Lipinski definition) is 3. The fraction of sp³-hybridized carbons (Fsp3) is 0. The quantitative estimate of drug-likeness (QED) is 0.895. The molecule has 5 nitrogen and oxygen atoms in total. The summed E-state index contributed by atoms with van der Waals surface area (Å²) in [4.78, 5) is 22.2. The summed E-state index contributed by atoms with van der Waals surface area (Å²) >= 11 is 0. The lowest BCUT2D eigenvalue weighted by molar-refractivity contribution is 0.0660. The van der Waals surface area contributed by atoms with Gasteiger partial charge in [0.2, 0.25) is 5.76 Å². The maximum Gasteiger partial charge on any atom is 0.371 e. The molecule has 2 N–H and O–H groups in total. The first kappa shape index (κ1) is 12.7. The van der Waals surface area contributed by atoms with Crippen molar-refractivity contribution in [2.45, 2.75) is 0 Å². The van der Waals surface area contributed by atoms with Gasteiger partial charge in [-0.25, -0.2) is 13.6 Å². The number of amides is 1. The molecule has 0 unspecified atom stereocenters. The molecule has 7 heteroatoms. The van der Waals surface area contributed by atoms with Crippen LogP contribution in [0.1, 0.15) is 21.1 Å². The van der Waals surface area contributed by atoms with Crippen LogP contribution in [0.2, 0.25) is 0 Å². The second kappa shape index (κ2) is 4.89. The smallest absolute Gasteiger partial charge is 0.371 e. The maximum atomic E-state index is 13.3. The summed E-state index contributed by atoms with van der Waals surface area (Å²) < 4.78 is 30.9. The topological polar surface area (TPSA) is 79.5 Å². The van der Waals surface area contributed by atoms with Gasteiger partial charge >= 0.3 is 5.97 Å². The molecule has 0 radical (unpaired) electrons. The molecular weight excluding hydrogens is 260 g/mol. The van der Waals surface area contributed by atoms with E-state index in [1.807, 2.05) is 0 Å². The number of nitrogens with one attached hydrogen (secondary N) is 1. The third-order valence-electron chi connectivity index (χ3n) is 2.22. The predicted molar refractivity (Wildman–Crippen MR) is 60.0 cm³/mol. The summed E-state index contributed by atoms with van der Waals surface area (Å²) in [5, 5.41) is 10.7. The van der Waals surface area contributed by atoms with Gasteiger partial charge in [-0.3, -0.25) is 4.79 Å². The molecule has 0 aliphatic heterocycles. The Morgan fingerprint density at radius 1 is 1.11 bits per heavy atom. The molecule has 1 aromatic carbocycles. The van der Waals surface area contributed by atoms with Gasteiger partial charge in [0.1, 0.15) is 11.6 Å². The molecule has 0 saturated heterocycles. The van der Waals surface area contributed by atoms with Gasteiger partial charge in [-0.2, -0.15) is 0 Å². The molecule has 0 aliphatic rings. The molecule has 1 amide bonds. The van der Waals surface area contributed by atoms with Crippen LogP contribution in [0.25, 0.3) is 0 Å². The van der Waals surface area contributed by atoms with Crippen molar-refractivity contribution in [2.75, 3.05) is 5.32 Å². The van der Waals surface area contributed by atoms with Crippen LogP contribution in [0, 0.1) is 11.6 Å². The molecule has 0 bridgehead atoms. The van der Waals surface area contributed by atoms with Crippen LogP contribution in [0.5, 0.6) is 0 Å². The molecular formula is C12H7F2NO4. The van der Waals surface area contributed by atoms with Gasteiger partial charge in [-0.1, -0.05) is 0 Å². The highest BCUT2D eigenvalue weighted by Crippen LogP contribution is 2.17. The average molecular weight is 267 g/mol. The predicted octanol–water partition coefficient (Wildman–Crippen LogP) is 2.51. The highest BCUT2D eigenvalue weighted by atomic mass is 19.1. The van der Waals surface area contributed by atoms with Gasteiger partial charge in [0.15, 0.2) is 5.76 Å². The Balaban J connectivity index is 2.20. The Morgan fingerprint density at radius 2 is 1.79 bits per heavy atom. The zero-order chi connectivity index (χ0) is 14.0. The van der Waals surface area contributed by atoms with E-state index >= 15 is 0 Å². The third-order valence-corrected chi connectivity index (χ3v) is 2.22. The number of aromatic carboxylic acids is 1. The Kier molecular flexibility index (Phi) is 3.28. The van der Waals surface area contributed by atoms with Crippen molar-refractivity contribution in [3.8, 4) is 0 Å². The van der Waals surface area contributed by atoms with E-state index < -0.39 is 29.3 Å². The third kappa shape index (κ3) is 2.76. The first-order valence-electron chi connectivity index (χ1n) is 5.07.